The Morgan fingerprint density at radius 2 is 2.10 bits per heavy atom. The highest BCUT2D eigenvalue weighted by molar-refractivity contribution is 5.85. The van der Waals surface area contributed by atoms with E-state index in [1.165, 1.54) is 5.56 Å². The summed E-state index contributed by atoms with van der Waals surface area (Å²) in [6, 6.07) is 8.03. The molecule has 2 rings (SSSR count). The molecule has 0 heterocycles. The summed E-state index contributed by atoms with van der Waals surface area (Å²) in [4.78, 5) is 23.7. The lowest BCUT2D eigenvalue weighted by Crippen LogP contribution is -2.42. The highest BCUT2D eigenvalue weighted by atomic mass is 16.4. The zero-order chi connectivity index (χ0) is 15.5. The average Bonchev–Trinajstić information content (AvgIpc) is 2.51. The molecule has 1 aliphatic carbocycles. The Kier molecular flexibility index (Phi) is 4.66. The molecular weight excluding hydrogens is 266 g/mol. The van der Waals surface area contributed by atoms with Crippen molar-refractivity contribution in [2.45, 2.75) is 45.4 Å². The molecule has 2 N–H and O–H groups in total. The minimum Gasteiger partial charge on any atom is -0.481 e. The molecule has 1 amide bonds. The number of carboxylic acids is 1. The lowest BCUT2D eigenvalue weighted by Gasteiger charge is -2.27. The van der Waals surface area contributed by atoms with Crippen LogP contribution in [0.5, 0.6) is 0 Å². The van der Waals surface area contributed by atoms with Gasteiger partial charge in [0.15, 0.2) is 0 Å². The molecule has 1 aromatic carbocycles. The van der Waals surface area contributed by atoms with Gasteiger partial charge in [0.05, 0.1) is 11.3 Å². The van der Waals surface area contributed by atoms with Gasteiger partial charge in [-0.2, -0.15) is 0 Å². The van der Waals surface area contributed by atoms with Crippen LogP contribution in [0.1, 0.15) is 50.2 Å². The van der Waals surface area contributed by atoms with Crippen molar-refractivity contribution in [3.63, 3.8) is 0 Å². The predicted molar refractivity (Wildman–Crippen MR) is 81.2 cm³/mol. The first-order chi connectivity index (χ1) is 9.98. The molecule has 0 bridgehead atoms. The van der Waals surface area contributed by atoms with Crippen LogP contribution in [-0.4, -0.2) is 23.5 Å². The molecule has 2 atom stereocenters. The summed E-state index contributed by atoms with van der Waals surface area (Å²) < 4.78 is 0. The summed E-state index contributed by atoms with van der Waals surface area (Å²) in [7, 11) is 0. The maximum Gasteiger partial charge on any atom is 0.311 e. The molecule has 0 aromatic heterocycles. The van der Waals surface area contributed by atoms with Crippen molar-refractivity contribution in [3.8, 4) is 0 Å². The second-order valence-corrected chi connectivity index (χ2v) is 6.08. The smallest absolute Gasteiger partial charge is 0.311 e. The summed E-state index contributed by atoms with van der Waals surface area (Å²) in [5, 5.41) is 12.1. The van der Waals surface area contributed by atoms with Crippen LogP contribution in [0.4, 0.5) is 0 Å². The van der Waals surface area contributed by atoms with Gasteiger partial charge in [-0.15, -0.1) is 0 Å². The van der Waals surface area contributed by atoms with Gasteiger partial charge < -0.3 is 10.4 Å². The number of amides is 1. The lowest BCUT2D eigenvalue weighted by atomic mass is 9.82. The minimum atomic E-state index is -0.899. The van der Waals surface area contributed by atoms with Crippen LogP contribution in [0.2, 0.25) is 0 Å². The van der Waals surface area contributed by atoms with Crippen LogP contribution in [0, 0.1) is 5.41 Å². The van der Waals surface area contributed by atoms with E-state index < -0.39 is 11.4 Å². The van der Waals surface area contributed by atoms with Crippen LogP contribution < -0.4 is 5.32 Å². The fraction of sp³-hybridized carbons (Fsp3) is 0.529. The number of hydrogen-bond acceptors (Lipinski definition) is 2. The third-order valence-electron chi connectivity index (χ3n) is 4.64. The van der Waals surface area contributed by atoms with Crippen molar-refractivity contribution in [3.05, 3.63) is 35.4 Å². The monoisotopic (exact) mass is 289 g/mol. The Morgan fingerprint density at radius 3 is 2.76 bits per heavy atom. The molecule has 1 aliphatic rings. The van der Waals surface area contributed by atoms with Gasteiger partial charge in [0, 0.05) is 6.54 Å². The summed E-state index contributed by atoms with van der Waals surface area (Å²) >= 11 is 0. The predicted octanol–water partition coefficient (Wildman–Crippen LogP) is 2.72. The van der Waals surface area contributed by atoms with E-state index in [0.29, 0.717) is 6.42 Å². The van der Waals surface area contributed by atoms with E-state index in [9.17, 15) is 14.7 Å². The number of fused-ring (bicyclic) bond motifs is 1. The Hall–Kier alpha value is -1.84. The number of aliphatic carboxylic acids is 1. The minimum absolute atomic E-state index is 0.0527. The van der Waals surface area contributed by atoms with Gasteiger partial charge in [0.1, 0.15) is 0 Å². The molecule has 114 valence electrons. The van der Waals surface area contributed by atoms with Crippen molar-refractivity contribution < 1.29 is 14.7 Å². The van der Waals surface area contributed by atoms with Gasteiger partial charge >= 0.3 is 5.97 Å². The van der Waals surface area contributed by atoms with Gasteiger partial charge in [-0.3, -0.25) is 9.59 Å². The summed E-state index contributed by atoms with van der Waals surface area (Å²) in [5.74, 6) is -1.07. The van der Waals surface area contributed by atoms with Crippen molar-refractivity contribution in [1.29, 1.82) is 0 Å². The van der Waals surface area contributed by atoms with E-state index in [0.717, 1.165) is 24.8 Å². The summed E-state index contributed by atoms with van der Waals surface area (Å²) in [5.41, 5.74) is 1.43. The van der Waals surface area contributed by atoms with Crippen molar-refractivity contribution in [2.24, 2.45) is 5.41 Å². The first kappa shape index (κ1) is 15.5. The molecule has 0 fully saturated rings. The number of hydrogen-bond donors (Lipinski definition) is 2. The van der Waals surface area contributed by atoms with Crippen LogP contribution in [-0.2, 0) is 16.0 Å². The zero-order valence-electron chi connectivity index (χ0n) is 12.7. The summed E-state index contributed by atoms with van der Waals surface area (Å²) in [6.07, 6.45) is 3.34. The Labute approximate surface area is 125 Å². The third kappa shape index (κ3) is 3.26. The molecule has 4 nitrogen and oxygen atoms in total. The van der Waals surface area contributed by atoms with Crippen molar-refractivity contribution in [1.82, 2.24) is 5.32 Å². The van der Waals surface area contributed by atoms with Crippen LogP contribution in [0.3, 0.4) is 0 Å². The second kappa shape index (κ2) is 6.29. The maximum atomic E-state index is 12.4. The van der Waals surface area contributed by atoms with Gasteiger partial charge in [-0.1, -0.05) is 31.2 Å². The van der Waals surface area contributed by atoms with Crippen molar-refractivity contribution >= 4 is 11.9 Å². The van der Waals surface area contributed by atoms with Gasteiger partial charge in [-0.05, 0) is 43.7 Å². The number of carbonyl (C=O) groups excluding carboxylic acids is 1. The van der Waals surface area contributed by atoms with E-state index in [1.807, 2.05) is 25.1 Å². The van der Waals surface area contributed by atoms with E-state index in [1.54, 1.807) is 6.92 Å². The zero-order valence-corrected chi connectivity index (χ0v) is 12.7. The third-order valence-corrected chi connectivity index (χ3v) is 4.64. The molecule has 0 aliphatic heterocycles. The topological polar surface area (TPSA) is 66.4 Å². The van der Waals surface area contributed by atoms with Gasteiger partial charge in [-0.25, -0.2) is 0 Å². The number of carboxylic acid groups (broad SMARTS) is 1. The number of aryl methyl sites for hydroxylation is 1. The normalized spacial score (nSPS) is 20.2. The van der Waals surface area contributed by atoms with E-state index >= 15 is 0 Å². The Morgan fingerprint density at radius 1 is 1.38 bits per heavy atom. The van der Waals surface area contributed by atoms with E-state index in [2.05, 4.69) is 11.4 Å². The molecule has 2 unspecified atom stereocenters. The molecule has 0 spiro atoms. The fourth-order valence-corrected chi connectivity index (χ4v) is 2.78. The first-order valence-electron chi connectivity index (χ1n) is 7.57. The maximum absolute atomic E-state index is 12.4. The van der Waals surface area contributed by atoms with E-state index in [4.69, 9.17) is 0 Å². The molecular formula is C17H23NO3. The Bertz CT molecular complexity index is 541. The molecule has 1 aromatic rings. The summed E-state index contributed by atoms with van der Waals surface area (Å²) in [6.45, 7) is 3.68. The van der Waals surface area contributed by atoms with Gasteiger partial charge in [0.2, 0.25) is 5.91 Å². The largest absolute Gasteiger partial charge is 0.481 e. The SMILES string of the molecule is CCC(C)(CNC(=O)C1CCCc2ccccc21)C(=O)O. The van der Waals surface area contributed by atoms with Gasteiger partial charge in [0.25, 0.3) is 0 Å². The van der Waals surface area contributed by atoms with Crippen LogP contribution >= 0.6 is 0 Å². The standard InChI is InChI=1S/C17H23NO3/c1-3-17(2,16(20)21)11-18-15(19)14-10-6-8-12-7-4-5-9-13(12)14/h4-5,7,9,14H,3,6,8,10-11H2,1-2H3,(H,18,19)(H,20,21). The Balaban J connectivity index is 2.07. The van der Waals surface area contributed by atoms with Crippen molar-refractivity contribution in [2.75, 3.05) is 6.54 Å². The highest BCUT2D eigenvalue weighted by Gasteiger charge is 2.33. The molecule has 4 heteroatoms. The fourth-order valence-electron chi connectivity index (χ4n) is 2.78. The number of benzene rings is 1. The number of carbonyl (C=O) groups is 2. The van der Waals surface area contributed by atoms with Crippen LogP contribution in [0.25, 0.3) is 0 Å². The highest BCUT2D eigenvalue weighted by Crippen LogP contribution is 2.31. The van der Waals surface area contributed by atoms with E-state index in [-0.39, 0.29) is 18.4 Å². The lowest BCUT2D eigenvalue weighted by molar-refractivity contribution is -0.148. The number of rotatable bonds is 5. The average molecular weight is 289 g/mol. The molecule has 0 radical (unpaired) electrons. The molecule has 0 saturated carbocycles. The number of nitrogens with one attached hydrogen (secondary N) is 1. The quantitative estimate of drug-likeness (QED) is 0.876. The molecule has 21 heavy (non-hydrogen) atoms. The second-order valence-electron chi connectivity index (χ2n) is 6.08. The van der Waals surface area contributed by atoms with Crippen LogP contribution in [0.15, 0.2) is 24.3 Å². The first-order valence-corrected chi connectivity index (χ1v) is 7.57. The molecule has 0 saturated heterocycles.